The minimum absolute atomic E-state index is 0.466. The number of nitrogens with one attached hydrogen (secondary N) is 2. The molecule has 2 N–H and O–H groups in total. The molecule has 1 aliphatic heterocycles. The highest BCUT2D eigenvalue weighted by atomic mass is 19.2. The third kappa shape index (κ3) is 3.66. The summed E-state index contributed by atoms with van der Waals surface area (Å²) in [5.41, 5.74) is 5.70. The lowest BCUT2D eigenvalue weighted by Crippen LogP contribution is -2.44. The molecule has 6 rings (SSSR count). The summed E-state index contributed by atoms with van der Waals surface area (Å²) in [6.45, 7) is 2.95. The van der Waals surface area contributed by atoms with E-state index in [1.54, 1.807) is 6.20 Å². The van der Waals surface area contributed by atoms with Crippen LogP contribution < -0.4 is 5.32 Å². The molecule has 5 heterocycles. The fourth-order valence-electron chi connectivity index (χ4n) is 4.02. The molecule has 0 unspecified atom stereocenters. The third-order valence-corrected chi connectivity index (χ3v) is 5.92. The standard InChI is InChI=1S/C24H19F2N7/c25-19-2-1-15(5-20(19)26)24-18(11-29-32-24)21-3-4-22-23(31-21)6-16(9-28-22)17-10-30-33(13-17)12-14-7-27-8-14/h1-6,9-11,13-14,27H,7-8,12H2,(H,29,32). The van der Waals surface area contributed by atoms with Gasteiger partial charge in [-0.1, -0.05) is 0 Å². The average Bonchev–Trinajstić information content (AvgIpc) is 3.47. The second-order valence-electron chi connectivity index (χ2n) is 8.21. The van der Waals surface area contributed by atoms with E-state index in [2.05, 4.69) is 25.6 Å². The number of aromatic nitrogens is 6. The van der Waals surface area contributed by atoms with E-state index in [0.717, 1.165) is 53.9 Å². The number of hydrogen-bond donors (Lipinski definition) is 2. The van der Waals surface area contributed by atoms with Crippen molar-refractivity contribution in [3.63, 3.8) is 0 Å². The molecular formula is C24H19F2N7. The Morgan fingerprint density at radius 1 is 0.939 bits per heavy atom. The first kappa shape index (κ1) is 19.7. The van der Waals surface area contributed by atoms with Crippen molar-refractivity contribution in [2.24, 2.45) is 5.92 Å². The van der Waals surface area contributed by atoms with Gasteiger partial charge in [-0.3, -0.25) is 14.8 Å². The largest absolute Gasteiger partial charge is 0.316 e. The highest BCUT2D eigenvalue weighted by molar-refractivity contribution is 5.85. The number of benzene rings is 1. The van der Waals surface area contributed by atoms with Crippen LogP contribution in [0.1, 0.15) is 0 Å². The van der Waals surface area contributed by atoms with Gasteiger partial charge in [-0.2, -0.15) is 10.2 Å². The summed E-state index contributed by atoms with van der Waals surface area (Å²) in [4.78, 5) is 9.34. The smallest absolute Gasteiger partial charge is 0.159 e. The second-order valence-corrected chi connectivity index (χ2v) is 8.21. The van der Waals surface area contributed by atoms with Crippen molar-refractivity contribution in [2.45, 2.75) is 6.54 Å². The maximum absolute atomic E-state index is 13.8. The van der Waals surface area contributed by atoms with Crippen LogP contribution in [0.3, 0.4) is 0 Å². The van der Waals surface area contributed by atoms with Crippen molar-refractivity contribution in [3.8, 4) is 33.6 Å². The Bertz CT molecular complexity index is 1470. The van der Waals surface area contributed by atoms with Crippen LogP contribution in [0.2, 0.25) is 0 Å². The van der Waals surface area contributed by atoms with Gasteiger partial charge in [0.15, 0.2) is 11.6 Å². The van der Waals surface area contributed by atoms with Crippen molar-refractivity contribution in [2.75, 3.05) is 13.1 Å². The Labute approximate surface area is 187 Å². The van der Waals surface area contributed by atoms with E-state index < -0.39 is 11.6 Å². The Kier molecular flexibility index (Phi) is 4.69. The molecule has 4 aromatic heterocycles. The lowest BCUT2D eigenvalue weighted by atomic mass is 10.0. The molecule has 0 aliphatic carbocycles. The number of halogens is 2. The molecule has 7 nitrogen and oxygen atoms in total. The predicted octanol–water partition coefficient (Wildman–Crippen LogP) is 4.05. The van der Waals surface area contributed by atoms with Crippen molar-refractivity contribution >= 4 is 11.0 Å². The lowest BCUT2D eigenvalue weighted by molar-refractivity contribution is 0.295. The first-order valence-electron chi connectivity index (χ1n) is 10.6. The molecule has 5 aromatic rings. The van der Waals surface area contributed by atoms with Gasteiger partial charge >= 0.3 is 0 Å². The summed E-state index contributed by atoms with van der Waals surface area (Å²) in [5, 5.41) is 14.8. The molecule has 164 valence electrons. The topological polar surface area (TPSA) is 84.3 Å². The SMILES string of the molecule is Fc1ccc(-c2n[nH]cc2-c2ccc3ncc(-c4cnn(CC5CNC5)c4)cc3n2)cc1F. The summed E-state index contributed by atoms with van der Waals surface area (Å²) in [7, 11) is 0. The van der Waals surface area contributed by atoms with Crippen molar-refractivity contribution in [1.29, 1.82) is 0 Å². The van der Waals surface area contributed by atoms with Crippen LogP contribution >= 0.6 is 0 Å². The minimum Gasteiger partial charge on any atom is -0.316 e. The highest BCUT2D eigenvalue weighted by Crippen LogP contribution is 2.31. The van der Waals surface area contributed by atoms with Crippen LogP contribution in [-0.4, -0.2) is 43.0 Å². The van der Waals surface area contributed by atoms with E-state index in [1.807, 2.05) is 41.5 Å². The van der Waals surface area contributed by atoms with Gasteiger partial charge in [-0.05, 0) is 36.4 Å². The van der Waals surface area contributed by atoms with Gasteiger partial charge in [0.1, 0.15) is 5.69 Å². The number of pyridine rings is 2. The summed E-state index contributed by atoms with van der Waals surface area (Å²) < 4.78 is 29.1. The second kappa shape index (κ2) is 7.86. The first-order chi connectivity index (χ1) is 16.1. The monoisotopic (exact) mass is 443 g/mol. The van der Waals surface area contributed by atoms with Crippen molar-refractivity contribution in [1.82, 2.24) is 35.3 Å². The molecule has 0 saturated carbocycles. The van der Waals surface area contributed by atoms with Gasteiger partial charge in [0.25, 0.3) is 0 Å². The number of nitrogens with zero attached hydrogens (tertiary/aromatic N) is 5. The Morgan fingerprint density at radius 3 is 2.67 bits per heavy atom. The van der Waals surface area contributed by atoms with Gasteiger partial charge < -0.3 is 5.32 Å². The normalized spacial score (nSPS) is 14.0. The number of H-pyrrole nitrogens is 1. The first-order valence-corrected chi connectivity index (χ1v) is 10.6. The van der Waals surface area contributed by atoms with Crippen LogP contribution in [0.25, 0.3) is 44.7 Å². The van der Waals surface area contributed by atoms with Crippen LogP contribution in [0.15, 0.2) is 61.2 Å². The van der Waals surface area contributed by atoms with Gasteiger partial charge in [0.05, 0.1) is 22.9 Å². The Hall–Kier alpha value is -3.98. The van der Waals surface area contributed by atoms with E-state index in [1.165, 1.54) is 6.07 Å². The van der Waals surface area contributed by atoms with Crippen LogP contribution in [0, 0.1) is 17.6 Å². The van der Waals surface area contributed by atoms with Crippen molar-refractivity contribution < 1.29 is 8.78 Å². The quantitative estimate of drug-likeness (QED) is 0.428. The van der Waals surface area contributed by atoms with E-state index in [9.17, 15) is 8.78 Å². The Morgan fingerprint density at radius 2 is 1.85 bits per heavy atom. The minimum atomic E-state index is -0.920. The molecule has 1 aromatic carbocycles. The summed E-state index contributed by atoms with van der Waals surface area (Å²) in [5.74, 6) is -1.20. The lowest BCUT2D eigenvalue weighted by Gasteiger charge is -2.26. The maximum Gasteiger partial charge on any atom is 0.159 e. The molecule has 1 fully saturated rings. The van der Waals surface area contributed by atoms with Crippen LogP contribution in [0.4, 0.5) is 8.78 Å². The predicted molar refractivity (Wildman–Crippen MR) is 120 cm³/mol. The fraction of sp³-hybridized carbons (Fsp3) is 0.167. The molecule has 0 bridgehead atoms. The van der Waals surface area contributed by atoms with E-state index in [4.69, 9.17) is 4.98 Å². The molecular weight excluding hydrogens is 424 g/mol. The van der Waals surface area contributed by atoms with E-state index in [-0.39, 0.29) is 0 Å². The highest BCUT2D eigenvalue weighted by Gasteiger charge is 2.18. The van der Waals surface area contributed by atoms with E-state index >= 15 is 0 Å². The summed E-state index contributed by atoms with van der Waals surface area (Å²) in [6, 6.07) is 9.43. The van der Waals surface area contributed by atoms with Gasteiger partial charge in [0.2, 0.25) is 0 Å². The molecule has 0 amide bonds. The van der Waals surface area contributed by atoms with Crippen molar-refractivity contribution in [3.05, 3.63) is 72.8 Å². The maximum atomic E-state index is 13.8. The van der Waals surface area contributed by atoms with Gasteiger partial charge in [0, 0.05) is 66.4 Å². The van der Waals surface area contributed by atoms with Crippen LogP contribution in [0.5, 0.6) is 0 Å². The zero-order chi connectivity index (χ0) is 22.4. The number of hydrogen-bond acceptors (Lipinski definition) is 5. The molecule has 0 spiro atoms. The molecule has 9 heteroatoms. The van der Waals surface area contributed by atoms with Crippen LogP contribution in [-0.2, 0) is 6.54 Å². The van der Waals surface area contributed by atoms with Gasteiger partial charge in [-0.25, -0.2) is 13.8 Å². The summed E-state index contributed by atoms with van der Waals surface area (Å²) >= 11 is 0. The molecule has 1 saturated heterocycles. The number of fused-ring (bicyclic) bond motifs is 1. The summed E-state index contributed by atoms with van der Waals surface area (Å²) in [6.07, 6.45) is 7.39. The average molecular weight is 443 g/mol. The molecule has 1 aliphatic rings. The molecule has 33 heavy (non-hydrogen) atoms. The third-order valence-electron chi connectivity index (χ3n) is 5.92. The number of aromatic amines is 1. The fourth-order valence-corrected chi connectivity index (χ4v) is 4.02. The van der Waals surface area contributed by atoms with Gasteiger partial charge in [-0.15, -0.1) is 0 Å². The molecule has 0 atom stereocenters. The Balaban J connectivity index is 1.35. The molecule has 0 radical (unpaired) electrons. The number of rotatable bonds is 5. The zero-order valence-electron chi connectivity index (χ0n) is 17.5. The zero-order valence-corrected chi connectivity index (χ0v) is 17.5. The van der Waals surface area contributed by atoms with E-state index in [0.29, 0.717) is 28.4 Å².